The first-order valence-corrected chi connectivity index (χ1v) is 8.97. The molecule has 1 fully saturated rings. The van der Waals surface area contributed by atoms with Gasteiger partial charge < -0.3 is 13.9 Å². The Morgan fingerprint density at radius 2 is 2.07 bits per heavy atom. The molecule has 4 rings (SSSR count). The molecule has 0 N–H and O–H groups in total. The predicted octanol–water partition coefficient (Wildman–Crippen LogP) is 4.94. The lowest BCUT2D eigenvalue weighted by Crippen LogP contribution is -2.06. The van der Waals surface area contributed by atoms with E-state index >= 15 is 0 Å². The van der Waals surface area contributed by atoms with Crippen LogP contribution in [0.2, 0.25) is 0 Å². The highest BCUT2D eigenvalue weighted by Gasteiger charge is 2.51. The van der Waals surface area contributed by atoms with Crippen LogP contribution in [0.4, 0.5) is 8.78 Å². The van der Waals surface area contributed by atoms with E-state index in [0.717, 1.165) is 6.42 Å². The molecule has 142 valence electrons. The first-order chi connectivity index (χ1) is 13.0. The number of nitrogens with zero attached hydrogens (tertiary/aromatic N) is 2. The van der Waals surface area contributed by atoms with Crippen LogP contribution in [0.3, 0.4) is 0 Å². The largest absolute Gasteiger partial charge is 0.493 e. The second-order valence-electron chi connectivity index (χ2n) is 6.99. The number of pyridine rings is 1. The molecular formula is C20H20F2N2O3. The van der Waals surface area contributed by atoms with E-state index in [9.17, 15) is 8.78 Å². The molecule has 1 aliphatic carbocycles. The summed E-state index contributed by atoms with van der Waals surface area (Å²) in [6.45, 7) is 4.35. The van der Waals surface area contributed by atoms with Gasteiger partial charge >= 0.3 is 0 Å². The molecule has 1 saturated carbocycles. The molecular weight excluding hydrogens is 354 g/mol. The minimum atomic E-state index is -1.13. The highest BCUT2D eigenvalue weighted by Crippen LogP contribution is 2.46. The van der Waals surface area contributed by atoms with Crippen LogP contribution in [-0.4, -0.2) is 28.9 Å². The fourth-order valence-electron chi connectivity index (χ4n) is 2.82. The van der Waals surface area contributed by atoms with Crippen LogP contribution in [0.25, 0.3) is 22.7 Å². The Morgan fingerprint density at radius 3 is 2.78 bits per heavy atom. The second-order valence-corrected chi connectivity index (χ2v) is 6.99. The van der Waals surface area contributed by atoms with E-state index in [1.807, 2.05) is 6.92 Å². The van der Waals surface area contributed by atoms with Gasteiger partial charge in [0.05, 0.1) is 19.4 Å². The van der Waals surface area contributed by atoms with Crippen molar-refractivity contribution in [3.8, 4) is 23.1 Å². The molecule has 2 heterocycles. The Hall–Kier alpha value is -2.70. The molecule has 0 aliphatic heterocycles. The number of ether oxygens (including phenoxy) is 2. The van der Waals surface area contributed by atoms with E-state index in [4.69, 9.17) is 13.9 Å². The summed E-state index contributed by atoms with van der Waals surface area (Å²) in [6, 6.07) is 6.39. The standard InChI is InChI=1S/C20H20F2N2O3/c1-3-6-25-14-7-15(21)18(23-10-14)19-24-16-5-4-13(8-17(16)27-19)26-11-12-9-20(12,2)22/h4-5,7-8,10,12H,3,6,9,11H2,1-2H3. The minimum absolute atomic E-state index is 0.0173. The minimum Gasteiger partial charge on any atom is -0.493 e. The SMILES string of the molecule is CCCOc1cnc(-c2nc3ccc(OCC4CC4(C)F)cc3o2)c(F)c1. The molecule has 0 saturated heterocycles. The lowest BCUT2D eigenvalue weighted by atomic mass is 10.3. The molecule has 0 bridgehead atoms. The second kappa shape index (κ2) is 6.79. The summed E-state index contributed by atoms with van der Waals surface area (Å²) >= 11 is 0. The lowest BCUT2D eigenvalue weighted by molar-refractivity contribution is 0.238. The van der Waals surface area contributed by atoms with Gasteiger partial charge in [-0.2, -0.15) is 0 Å². The van der Waals surface area contributed by atoms with Crippen molar-refractivity contribution in [2.45, 2.75) is 32.4 Å². The summed E-state index contributed by atoms with van der Waals surface area (Å²) in [5, 5.41) is 0. The average molecular weight is 374 g/mol. The quantitative estimate of drug-likeness (QED) is 0.586. The summed E-state index contributed by atoms with van der Waals surface area (Å²) in [6.07, 6.45) is 2.79. The van der Waals surface area contributed by atoms with E-state index in [0.29, 0.717) is 42.2 Å². The third-order valence-corrected chi connectivity index (χ3v) is 4.64. The van der Waals surface area contributed by atoms with Gasteiger partial charge in [0.2, 0.25) is 5.89 Å². The average Bonchev–Trinajstić information content (AvgIpc) is 3.06. The Morgan fingerprint density at radius 1 is 1.26 bits per heavy atom. The van der Waals surface area contributed by atoms with Crippen molar-refractivity contribution in [2.75, 3.05) is 13.2 Å². The van der Waals surface area contributed by atoms with E-state index in [2.05, 4.69) is 9.97 Å². The normalized spacial score (nSPS) is 21.4. The van der Waals surface area contributed by atoms with Crippen LogP contribution < -0.4 is 9.47 Å². The van der Waals surface area contributed by atoms with Crippen molar-refractivity contribution in [1.82, 2.24) is 9.97 Å². The maximum absolute atomic E-state index is 14.4. The zero-order valence-corrected chi connectivity index (χ0v) is 15.2. The number of alkyl halides is 1. The van der Waals surface area contributed by atoms with Crippen molar-refractivity contribution in [1.29, 1.82) is 0 Å². The first kappa shape index (κ1) is 17.7. The fraction of sp³-hybridized carbons (Fsp3) is 0.400. The van der Waals surface area contributed by atoms with E-state index in [1.165, 1.54) is 12.3 Å². The maximum atomic E-state index is 14.4. The molecule has 3 aromatic rings. The molecule has 27 heavy (non-hydrogen) atoms. The summed E-state index contributed by atoms with van der Waals surface area (Å²) in [4.78, 5) is 8.36. The monoisotopic (exact) mass is 374 g/mol. The van der Waals surface area contributed by atoms with Crippen LogP contribution >= 0.6 is 0 Å². The number of benzene rings is 1. The number of rotatable bonds is 7. The van der Waals surface area contributed by atoms with Gasteiger partial charge in [0.25, 0.3) is 0 Å². The van der Waals surface area contributed by atoms with E-state index < -0.39 is 11.5 Å². The fourth-order valence-corrected chi connectivity index (χ4v) is 2.82. The third kappa shape index (κ3) is 3.72. The molecule has 1 aliphatic rings. The number of aromatic nitrogens is 2. The molecule has 2 atom stereocenters. The molecule has 2 aromatic heterocycles. The van der Waals surface area contributed by atoms with Gasteiger partial charge in [0, 0.05) is 18.1 Å². The zero-order valence-electron chi connectivity index (χ0n) is 15.2. The molecule has 2 unspecified atom stereocenters. The van der Waals surface area contributed by atoms with Crippen LogP contribution in [0.1, 0.15) is 26.7 Å². The third-order valence-electron chi connectivity index (χ3n) is 4.64. The van der Waals surface area contributed by atoms with Crippen LogP contribution in [0.15, 0.2) is 34.9 Å². The number of halogens is 2. The summed E-state index contributed by atoms with van der Waals surface area (Å²) in [7, 11) is 0. The highest BCUT2D eigenvalue weighted by atomic mass is 19.1. The Balaban J connectivity index is 1.53. The first-order valence-electron chi connectivity index (χ1n) is 8.97. The number of fused-ring (bicyclic) bond motifs is 1. The Bertz CT molecular complexity index is 971. The van der Waals surface area contributed by atoms with Crippen LogP contribution in [0.5, 0.6) is 11.5 Å². The van der Waals surface area contributed by atoms with Gasteiger partial charge in [-0.1, -0.05) is 6.92 Å². The van der Waals surface area contributed by atoms with Crippen molar-refractivity contribution < 1.29 is 22.7 Å². The van der Waals surface area contributed by atoms with Gasteiger partial charge in [-0.15, -0.1) is 0 Å². The topological polar surface area (TPSA) is 57.4 Å². The number of oxazole rings is 1. The maximum Gasteiger partial charge on any atom is 0.249 e. The Kier molecular flexibility index (Phi) is 4.45. The summed E-state index contributed by atoms with van der Waals surface area (Å²) < 4.78 is 44.6. The Labute approximate surface area is 155 Å². The van der Waals surface area contributed by atoms with E-state index in [-0.39, 0.29) is 17.5 Å². The number of hydrogen-bond acceptors (Lipinski definition) is 5. The van der Waals surface area contributed by atoms with Crippen molar-refractivity contribution in [3.05, 3.63) is 36.3 Å². The molecule has 0 radical (unpaired) electrons. The van der Waals surface area contributed by atoms with E-state index in [1.54, 1.807) is 25.1 Å². The van der Waals surface area contributed by atoms with Crippen LogP contribution in [-0.2, 0) is 0 Å². The van der Waals surface area contributed by atoms with Gasteiger partial charge in [-0.3, -0.25) is 0 Å². The van der Waals surface area contributed by atoms with Crippen molar-refractivity contribution >= 4 is 11.1 Å². The van der Waals surface area contributed by atoms with Gasteiger partial charge in [0.15, 0.2) is 17.1 Å². The lowest BCUT2D eigenvalue weighted by Gasteiger charge is -2.05. The van der Waals surface area contributed by atoms with Gasteiger partial charge in [-0.05, 0) is 31.9 Å². The van der Waals surface area contributed by atoms with Gasteiger partial charge in [0.1, 0.15) is 22.7 Å². The highest BCUT2D eigenvalue weighted by molar-refractivity contribution is 5.77. The molecule has 5 nitrogen and oxygen atoms in total. The predicted molar refractivity (Wildman–Crippen MR) is 96.1 cm³/mol. The van der Waals surface area contributed by atoms with Crippen molar-refractivity contribution in [2.24, 2.45) is 5.92 Å². The summed E-state index contributed by atoms with van der Waals surface area (Å²) in [5.74, 6) is 0.363. The molecule has 0 amide bonds. The molecule has 0 spiro atoms. The van der Waals surface area contributed by atoms with Crippen LogP contribution in [0, 0.1) is 11.7 Å². The zero-order chi connectivity index (χ0) is 19.0. The molecule has 1 aromatic carbocycles. The number of hydrogen-bond donors (Lipinski definition) is 0. The molecule has 7 heteroatoms. The van der Waals surface area contributed by atoms with Gasteiger partial charge in [-0.25, -0.2) is 18.7 Å². The van der Waals surface area contributed by atoms with Crippen molar-refractivity contribution in [3.63, 3.8) is 0 Å². The smallest absolute Gasteiger partial charge is 0.249 e. The summed E-state index contributed by atoms with van der Waals surface area (Å²) in [5.41, 5.74) is -0.0937.